The molecule has 0 aromatic heterocycles. The Morgan fingerprint density at radius 1 is 0.870 bits per heavy atom. The van der Waals surface area contributed by atoms with Crippen LogP contribution in [-0.2, 0) is 27.5 Å². The van der Waals surface area contributed by atoms with Crippen molar-refractivity contribution in [3.05, 3.63) is 71.8 Å². The van der Waals surface area contributed by atoms with Gasteiger partial charge in [0.2, 0.25) is 0 Å². The van der Waals surface area contributed by atoms with Crippen molar-refractivity contribution in [3.8, 4) is 0 Å². The highest BCUT2D eigenvalue weighted by Gasteiger charge is 2.22. The van der Waals surface area contributed by atoms with Crippen molar-refractivity contribution >= 4 is 6.29 Å². The van der Waals surface area contributed by atoms with Crippen molar-refractivity contribution in [2.75, 3.05) is 0 Å². The first kappa shape index (κ1) is 17.4. The Morgan fingerprint density at radius 2 is 1.39 bits per heavy atom. The molecule has 122 valence electrons. The zero-order valence-corrected chi connectivity index (χ0v) is 13.6. The molecule has 0 saturated heterocycles. The Bertz CT molecular complexity index is 554. The predicted molar refractivity (Wildman–Crippen MR) is 91.0 cm³/mol. The van der Waals surface area contributed by atoms with Crippen LogP contribution in [0.5, 0.6) is 0 Å². The number of aldehydes is 1. The number of benzene rings is 2. The Morgan fingerprint density at radius 3 is 1.87 bits per heavy atom. The maximum Gasteiger partial charge on any atom is 0.151 e. The molecule has 2 rings (SSSR count). The highest BCUT2D eigenvalue weighted by atomic mass is 16.5. The highest BCUT2D eigenvalue weighted by molar-refractivity contribution is 5.57. The minimum absolute atomic E-state index is 0.221. The second-order valence-corrected chi connectivity index (χ2v) is 5.52. The van der Waals surface area contributed by atoms with Gasteiger partial charge in [-0.15, -0.1) is 0 Å². The molecule has 2 aromatic carbocycles. The maximum absolute atomic E-state index is 11.4. The quantitative estimate of drug-likeness (QED) is 0.618. The summed E-state index contributed by atoms with van der Waals surface area (Å²) >= 11 is 0. The fourth-order valence-electron chi connectivity index (χ4n) is 2.41. The van der Waals surface area contributed by atoms with Crippen molar-refractivity contribution in [2.24, 2.45) is 0 Å². The van der Waals surface area contributed by atoms with Crippen LogP contribution in [0.25, 0.3) is 0 Å². The summed E-state index contributed by atoms with van der Waals surface area (Å²) < 4.78 is 11.7. The molecule has 0 fully saturated rings. The van der Waals surface area contributed by atoms with E-state index in [1.807, 2.05) is 60.7 Å². The zero-order valence-electron chi connectivity index (χ0n) is 13.6. The molecule has 0 aliphatic rings. The number of ether oxygens (including phenoxy) is 2. The first-order valence-electron chi connectivity index (χ1n) is 8.09. The largest absolute Gasteiger partial charge is 0.370 e. The van der Waals surface area contributed by atoms with E-state index in [2.05, 4.69) is 6.92 Å². The molecule has 0 aliphatic heterocycles. The summed E-state index contributed by atoms with van der Waals surface area (Å²) in [7, 11) is 0. The normalized spacial score (nSPS) is 13.4. The Labute approximate surface area is 138 Å². The van der Waals surface area contributed by atoms with Crippen molar-refractivity contribution in [3.63, 3.8) is 0 Å². The van der Waals surface area contributed by atoms with Crippen LogP contribution < -0.4 is 0 Å². The topological polar surface area (TPSA) is 35.5 Å². The van der Waals surface area contributed by atoms with Gasteiger partial charge in [-0.3, -0.25) is 0 Å². The van der Waals surface area contributed by atoms with Gasteiger partial charge in [0.1, 0.15) is 6.10 Å². The molecule has 0 saturated carbocycles. The number of rotatable bonds is 10. The van der Waals surface area contributed by atoms with Crippen molar-refractivity contribution in [1.82, 2.24) is 0 Å². The lowest BCUT2D eigenvalue weighted by Crippen LogP contribution is -2.33. The van der Waals surface area contributed by atoms with E-state index in [1.165, 1.54) is 0 Å². The van der Waals surface area contributed by atoms with Crippen LogP contribution in [0.2, 0.25) is 0 Å². The molecule has 2 aromatic rings. The zero-order chi connectivity index (χ0) is 16.3. The van der Waals surface area contributed by atoms with Gasteiger partial charge in [0.05, 0.1) is 19.3 Å². The van der Waals surface area contributed by atoms with Crippen LogP contribution in [0.1, 0.15) is 30.9 Å². The summed E-state index contributed by atoms with van der Waals surface area (Å²) in [5.41, 5.74) is 2.15. The third kappa shape index (κ3) is 5.97. The van der Waals surface area contributed by atoms with E-state index in [0.717, 1.165) is 30.3 Å². The SMILES string of the molecule is CCC[C@@H](OCc1ccccc1)[C@H](C=O)OCc1ccccc1. The number of hydrogen-bond acceptors (Lipinski definition) is 3. The van der Waals surface area contributed by atoms with Gasteiger partial charge in [-0.05, 0) is 17.5 Å². The van der Waals surface area contributed by atoms with E-state index in [1.54, 1.807) is 0 Å². The molecule has 0 amide bonds. The first-order valence-corrected chi connectivity index (χ1v) is 8.09. The first-order chi connectivity index (χ1) is 11.3. The van der Waals surface area contributed by atoms with Crippen LogP contribution >= 0.6 is 0 Å². The minimum atomic E-state index is -0.543. The molecular formula is C20H24O3. The molecule has 0 heterocycles. The molecule has 0 bridgehead atoms. The summed E-state index contributed by atoms with van der Waals surface area (Å²) in [6, 6.07) is 19.8. The molecule has 3 nitrogen and oxygen atoms in total. The van der Waals surface area contributed by atoms with Gasteiger partial charge < -0.3 is 14.3 Å². The third-order valence-corrected chi connectivity index (χ3v) is 3.67. The number of hydrogen-bond donors (Lipinski definition) is 0. The lowest BCUT2D eigenvalue weighted by atomic mass is 10.1. The fraction of sp³-hybridized carbons (Fsp3) is 0.350. The third-order valence-electron chi connectivity index (χ3n) is 3.67. The Kier molecular flexibility index (Phi) is 7.50. The standard InChI is InChI=1S/C20H24O3/c1-2-9-19(22-15-17-10-5-3-6-11-17)20(14-21)23-16-18-12-7-4-8-13-18/h3-8,10-14,19-20H,2,9,15-16H2,1H3/t19-,20+/m1/s1. The average Bonchev–Trinajstić information content (AvgIpc) is 2.62. The van der Waals surface area contributed by atoms with Crippen molar-refractivity contribution < 1.29 is 14.3 Å². The number of carbonyl (C=O) groups excluding carboxylic acids is 1. The van der Waals surface area contributed by atoms with Crippen molar-refractivity contribution in [2.45, 2.75) is 45.2 Å². The van der Waals surface area contributed by atoms with Crippen LogP contribution in [0, 0.1) is 0 Å². The molecule has 0 aliphatic carbocycles. The molecule has 0 N–H and O–H groups in total. The van der Waals surface area contributed by atoms with E-state index in [4.69, 9.17) is 9.47 Å². The minimum Gasteiger partial charge on any atom is -0.370 e. The van der Waals surface area contributed by atoms with E-state index in [9.17, 15) is 4.79 Å². The average molecular weight is 312 g/mol. The van der Waals surface area contributed by atoms with Gasteiger partial charge in [0, 0.05) is 0 Å². The van der Waals surface area contributed by atoms with Crippen LogP contribution in [0.4, 0.5) is 0 Å². The summed E-state index contributed by atoms with van der Waals surface area (Å²) in [4.78, 5) is 11.4. The lowest BCUT2D eigenvalue weighted by molar-refractivity contribution is -0.133. The summed E-state index contributed by atoms with van der Waals surface area (Å²) in [5, 5.41) is 0. The van der Waals surface area contributed by atoms with Crippen LogP contribution in [-0.4, -0.2) is 18.5 Å². The monoisotopic (exact) mass is 312 g/mol. The van der Waals surface area contributed by atoms with Crippen LogP contribution in [0.15, 0.2) is 60.7 Å². The summed E-state index contributed by atoms with van der Waals surface area (Å²) in [6.07, 6.45) is 1.83. The molecule has 3 heteroatoms. The van der Waals surface area contributed by atoms with Gasteiger partial charge in [-0.1, -0.05) is 74.0 Å². The van der Waals surface area contributed by atoms with E-state index in [-0.39, 0.29) is 6.10 Å². The predicted octanol–water partition coefficient (Wildman–Crippen LogP) is 4.16. The maximum atomic E-state index is 11.4. The van der Waals surface area contributed by atoms with Gasteiger partial charge in [-0.2, -0.15) is 0 Å². The van der Waals surface area contributed by atoms with E-state index >= 15 is 0 Å². The Balaban J connectivity index is 1.91. The smallest absolute Gasteiger partial charge is 0.151 e. The fourth-order valence-corrected chi connectivity index (χ4v) is 2.41. The van der Waals surface area contributed by atoms with Crippen LogP contribution in [0.3, 0.4) is 0 Å². The molecule has 0 unspecified atom stereocenters. The van der Waals surface area contributed by atoms with Gasteiger partial charge >= 0.3 is 0 Å². The molecule has 0 spiro atoms. The van der Waals surface area contributed by atoms with Gasteiger partial charge in [0.15, 0.2) is 6.29 Å². The summed E-state index contributed by atoms with van der Waals surface area (Å²) in [6.45, 7) is 2.99. The van der Waals surface area contributed by atoms with E-state index < -0.39 is 6.10 Å². The highest BCUT2D eigenvalue weighted by Crippen LogP contribution is 2.14. The molecule has 23 heavy (non-hydrogen) atoms. The van der Waals surface area contributed by atoms with E-state index in [0.29, 0.717) is 13.2 Å². The lowest BCUT2D eigenvalue weighted by Gasteiger charge is -2.23. The molecule has 2 atom stereocenters. The van der Waals surface area contributed by atoms with Crippen molar-refractivity contribution in [1.29, 1.82) is 0 Å². The van der Waals surface area contributed by atoms with Gasteiger partial charge in [-0.25, -0.2) is 0 Å². The second kappa shape index (κ2) is 9.93. The summed E-state index contributed by atoms with van der Waals surface area (Å²) in [5.74, 6) is 0. The number of carbonyl (C=O) groups is 1. The Hall–Kier alpha value is -1.97. The molecular weight excluding hydrogens is 288 g/mol. The van der Waals surface area contributed by atoms with Gasteiger partial charge in [0.25, 0.3) is 0 Å². The molecule has 0 radical (unpaired) electrons. The second-order valence-electron chi connectivity index (χ2n) is 5.52.